The van der Waals surface area contributed by atoms with Gasteiger partial charge in [-0.05, 0) is 32.4 Å². The number of hydrogen-bond acceptors (Lipinski definition) is 3. The van der Waals surface area contributed by atoms with Crippen LogP contribution in [0.2, 0.25) is 0 Å². The van der Waals surface area contributed by atoms with E-state index in [1.165, 1.54) is 5.56 Å². The summed E-state index contributed by atoms with van der Waals surface area (Å²) in [6, 6.07) is 2.03. The second-order valence-corrected chi connectivity index (χ2v) is 3.03. The molecule has 0 saturated carbocycles. The normalized spacial score (nSPS) is 10.9. The molecule has 0 N–H and O–H groups in total. The van der Waals surface area contributed by atoms with Crippen molar-refractivity contribution in [2.24, 2.45) is 0 Å². The molecule has 0 atom stereocenters. The Morgan fingerprint density at radius 2 is 2.00 bits per heavy atom. The maximum atomic E-state index is 5.05. The van der Waals surface area contributed by atoms with Crippen molar-refractivity contribution in [2.45, 2.75) is 20.8 Å². The van der Waals surface area contributed by atoms with E-state index in [1.54, 1.807) is 0 Å². The van der Waals surface area contributed by atoms with Gasteiger partial charge in [-0.15, -0.1) is 0 Å². The number of nitrogens with zero attached hydrogens (tertiary/aromatic N) is 2. The van der Waals surface area contributed by atoms with Crippen molar-refractivity contribution in [3.8, 4) is 0 Å². The molecule has 0 aliphatic heterocycles. The summed E-state index contributed by atoms with van der Waals surface area (Å²) in [5.41, 5.74) is 3.70. The molecule has 0 amide bonds. The summed E-state index contributed by atoms with van der Waals surface area (Å²) >= 11 is 0. The first-order valence-electron chi connectivity index (χ1n) is 3.88. The quantitative estimate of drug-likeness (QED) is 0.595. The Bertz CT molecular complexity index is 431. The van der Waals surface area contributed by atoms with Crippen LogP contribution in [0, 0.1) is 20.8 Å². The summed E-state index contributed by atoms with van der Waals surface area (Å²) in [7, 11) is 0. The van der Waals surface area contributed by atoms with Crippen LogP contribution in [0.1, 0.15) is 17.0 Å². The standard InChI is InChI=1S/C9H10N2O/c1-5-4-6(2)10-9-8(5)7(3)11-12-9/h4H,1-3H3. The maximum Gasteiger partial charge on any atom is 0.258 e. The van der Waals surface area contributed by atoms with Gasteiger partial charge in [0.15, 0.2) is 0 Å². The van der Waals surface area contributed by atoms with Gasteiger partial charge in [-0.1, -0.05) is 5.16 Å². The third kappa shape index (κ3) is 0.897. The van der Waals surface area contributed by atoms with Crippen LogP contribution in [0.5, 0.6) is 0 Å². The molecule has 0 bridgehead atoms. The summed E-state index contributed by atoms with van der Waals surface area (Å²) in [5.74, 6) is 0. The van der Waals surface area contributed by atoms with Crippen LogP contribution in [-0.4, -0.2) is 10.1 Å². The van der Waals surface area contributed by atoms with Crippen LogP contribution in [-0.2, 0) is 0 Å². The van der Waals surface area contributed by atoms with Gasteiger partial charge in [-0.2, -0.15) is 0 Å². The molecule has 12 heavy (non-hydrogen) atoms. The van der Waals surface area contributed by atoms with Crippen LogP contribution in [0.4, 0.5) is 0 Å². The minimum atomic E-state index is 0.644. The van der Waals surface area contributed by atoms with Crippen molar-refractivity contribution in [1.29, 1.82) is 0 Å². The smallest absolute Gasteiger partial charge is 0.258 e. The molecule has 2 rings (SSSR count). The summed E-state index contributed by atoms with van der Waals surface area (Å²) in [5, 5.41) is 4.90. The topological polar surface area (TPSA) is 38.9 Å². The fourth-order valence-electron chi connectivity index (χ4n) is 1.47. The molecule has 2 aromatic heterocycles. The zero-order valence-corrected chi connectivity index (χ0v) is 7.38. The minimum absolute atomic E-state index is 0.644. The lowest BCUT2D eigenvalue weighted by Crippen LogP contribution is -1.84. The van der Waals surface area contributed by atoms with Crippen LogP contribution in [0.3, 0.4) is 0 Å². The van der Waals surface area contributed by atoms with Crippen molar-refractivity contribution in [3.63, 3.8) is 0 Å². The first-order chi connectivity index (χ1) is 5.68. The van der Waals surface area contributed by atoms with Crippen molar-refractivity contribution >= 4 is 11.1 Å². The predicted octanol–water partition coefficient (Wildman–Crippen LogP) is 2.15. The van der Waals surface area contributed by atoms with Gasteiger partial charge >= 0.3 is 0 Å². The molecule has 0 unspecified atom stereocenters. The number of aromatic nitrogens is 2. The molecule has 3 nitrogen and oxygen atoms in total. The number of fused-ring (bicyclic) bond motifs is 1. The fourth-order valence-corrected chi connectivity index (χ4v) is 1.47. The fraction of sp³-hybridized carbons (Fsp3) is 0.333. The summed E-state index contributed by atoms with van der Waals surface area (Å²) in [6.07, 6.45) is 0. The van der Waals surface area contributed by atoms with E-state index in [0.717, 1.165) is 16.8 Å². The first-order valence-corrected chi connectivity index (χ1v) is 3.88. The first kappa shape index (κ1) is 7.28. The molecule has 0 aliphatic carbocycles. The SMILES string of the molecule is Cc1cc(C)c2c(C)noc2n1. The highest BCUT2D eigenvalue weighted by molar-refractivity contribution is 5.79. The van der Waals surface area contributed by atoms with Gasteiger partial charge in [0.25, 0.3) is 5.71 Å². The lowest BCUT2D eigenvalue weighted by molar-refractivity contribution is 0.442. The average molecular weight is 162 g/mol. The Balaban J connectivity index is 2.93. The number of aryl methyl sites for hydroxylation is 3. The van der Waals surface area contributed by atoms with E-state index in [2.05, 4.69) is 10.1 Å². The van der Waals surface area contributed by atoms with E-state index in [9.17, 15) is 0 Å². The van der Waals surface area contributed by atoms with E-state index in [0.29, 0.717) is 5.71 Å². The average Bonchev–Trinajstić information content (AvgIpc) is 2.31. The van der Waals surface area contributed by atoms with Gasteiger partial charge < -0.3 is 4.52 Å². The van der Waals surface area contributed by atoms with Crippen molar-refractivity contribution in [3.05, 3.63) is 23.0 Å². The Labute approximate surface area is 70.4 Å². The van der Waals surface area contributed by atoms with Crippen LogP contribution in [0.25, 0.3) is 11.1 Å². The summed E-state index contributed by atoms with van der Waals surface area (Å²) in [4.78, 5) is 4.23. The lowest BCUT2D eigenvalue weighted by Gasteiger charge is -1.95. The van der Waals surface area contributed by atoms with Gasteiger partial charge in [-0.25, -0.2) is 4.98 Å². The molecule has 62 valence electrons. The molecule has 2 aromatic rings. The molecular formula is C9H10N2O. The third-order valence-electron chi connectivity index (χ3n) is 1.94. The highest BCUT2D eigenvalue weighted by Gasteiger charge is 2.08. The van der Waals surface area contributed by atoms with Gasteiger partial charge in [0.1, 0.15) is 0 Å². The largest absolute Gasteiger partial charge is 0.336 e. The highest BCUT2D eigenvalue weighted by atomic mass is 16.5. The van der Waals surface area contributed by atoms with Gasteiger partial charge in [0.05, 0.1) is 11.1 Å². The number of rotatable bonds is 0. The van der Waals surface area contributed by atoms with Crippen molar-refractivity contribution in [2.75, 3.05) is 0 Å². The van der Waals surface area contributed by atoms with Gasteiger partial charge in [0, 0.05) is 5.69 Å². The Morgan fingerprint density at radius 1 is 1.25 bits per heavy atom. The molecule has 0 aliphatic rings. The van der Waals surface area contributed by atoms with E-state index < -0.39 is 0 Å². The van der Waals surface area contributed by atoms with Crippen LogP contribution in [0.15, 0.2) is 10.6 Å². The zero-order valence-electron chi connectivity index (χ0n) is 7.38. The second kappa shape index (κ2) is 2.30. The summed E-state index contributed by atoms with van der Waals surface area (Å²) < 4.78 is 5.05. The zero-order chi connectivity index (χ0) is 8.72. The molecular weight excluding hydrogens is 152 g/mol. The van der Waals surface area contributed by atoms with Crippen LogP contribution < -0.4 is 0 Å². The predicted molar refractivity (Wildman–Crippen MR) is 46.0 cm³/mol. The second-order valence-electron chi connectivity index (χ2n) is 3.03. The van der Waals surface area contributed by atoms with Crippen molar-refractivity contribution in [1.82, 2.24) is 10.1 Å². The molecule has 2 heterocycles. The Morgan fingerprint density at radius 3 is 2.75 bits per heavy atom. The molecule has 0 spiro atoms. The Hall–Kier alpha value is -1.38. The van der Waals surface area contributed by atoms with Gasteiger partial charge in [-0.3, -0.25) is 0 Å². The monoisotopic (exact) mass is 162 g/mol. The molecule has 0 saturated heterocycles. The lowest BCUT2D eigenvalue weighted by atomic mass is 10.1. The number of pyridine rings is 1. The molecule has 0 aromatic carbocycles. The highest BCUT2D eigenvalue weighted by Crippen LogP contribution is 2.20. The maximum absolute atomic E-state index is 5.05. The third-order valence-corrected chi connectivity index (χ3v) is 1.94. The van der Waals surface area contributed by atoms with E-state index in [-0.39, 0.29) is 0 Å². The number of hydrogen-bond donors (Lipinski definition) is 0. The molecule has 0 fully saturated rings. The molecule has 0 radical (unpaired) electrons. The van der Waals surface area contributed by atoms with E-state index >= 15 is 0 Å². The van der Waals surface area contributed by atoms with Crippen molar-refractivity contribution < 1.29 is 4.52 Å². The van der Waals surface area contributed by atoms with E-state index in [4.69, 9.17) is 4.52 Å². The van der Waals surface area contributed by atoms with Crippen LogP contribution >= 0.6 is 0 Å². The summed E-state index contributed by atoms with van der Waals surface area (Å²) in [6.45, 7) is 5.92. The van der Waals surface area contributed by atoms with E-state index in [1.807, 2.05) is 26.8 Å². The Kier molecular flexibility index (Phi) is 1.40. The minimum Gasteiger partial charge on any atom is -0.336 e. The molecule has 3 heteroatoms. The van der Waals surface area contributed by atoms with Gasteiger partial charge in [0.2, 0.25) is 0 Å².